The third-order valence-electron chi connectivity index (χ3n) is 4.78. The number of nitrogen functional groups attached to an aromatic ring is 1. The number of nitrogens with zero attached hydrogens (tertiary/aromatic N) is 2. The molecule has 0 spiro atoms. The zero-order valence-electron chi connectivity index (χ0n) is 16.4. The third kappa shape index (κ3) is 3.46. The van der Waals surface area contributed by atoms with Crippen LogP contribution in [0, 0.1) is 6.92 Å². The van der Waals surface area contributed by atoms with Gasteiger partial charge in [-0.15, -0.1) is 11.3 Å². The van der Waals surface area contributed by atoms with Crippen molar-refractivity contribution in [1.29, 1.82) is 0 Å². The van der Waals surface area contributed by atoms with Gasteiger partial charge in [0.05, 0.1) is 11.7 Å². The van der Waals surface area contributed by atoms with Crippen LogP contribution in [0.3, 0.4) is 0 Å². The van der Waals surface area contributed by atoms with Crippen LogP contribution in [-0.2, 0) is 14.6 Å². The summed E-state index contributed by atoms with van der Waals surface area (Å²) in [7, 11) is -3.95. The molecule has 0 saturated heterocycles. The summed E-state index contributed by atoms with van der Waals surface area (Å²) in [6, 6.07) is 4.04. The molecule has 3 rings (SSSR count). The van der Waals surface area contributed by atoms with Gasteiger partial charge in [-0.2, -0.15) is 0 Å². The zero-order chi connectivity index (χ0) is 22.2. The molecule has 158 valence electrons. The first-order chi connectivity index (χ1) is 14.1. The van der Waals surface area contributed by atoms with Gasteiger partial charge in [0.2, 0.25) is 16.2 Å². The number of pyridine rings is 1. The first-order valence-electron chi connectivity index (χ1n) is 8.85. The van der Waals surface area contributed by atoms with E-state index in [9.17, 15) is 18.0 Å². The smallest absolute Gasteiger partial charge is 0.279 e. The van der Waals surface area contributed by atoms with Gasteiger partial charge in [0.25, 0.3) is 5.56 Å². The molecular formula is C19H21N5O4S2. The van der Waals surface area contributed by atoms with Crippen LogP contribution in [0.4, 0.5) is 5.69 Å². The van der Waals surface area contributed by atoms with Gasteiger partial charge in [0.15, 0.2) is 0 Å². The average molecular weight is 448 g/mol. The Bertz CT molecular complexity index is 1250. The molecule has 0 aliphatic carbocycles. The fourth-order valence-corrected chi connectivity index (χ4v) is 5.81. The maximum absolute atomic E-state index is 13.2. The SMILES string of the molecule is C=C1C(CNC=O)=C(n2c(C)cc(S(=O)(=O)c3cccs3)c(N)c2=O)C(N)=NC1C. The molecule has 9 nitrogen and oxygen atoms in total. The van der Waals surface area contributed by atoms with E-state index in [-0.39, 0.29) is 33.2 Å². The number of sulfone groups is 1. The van der Waals surface area contributed by atoms with Gasteiger partial charge in [0, 0.05) is 17.8 Å². The summed E-state index contributed by atoms with van der Waals surface area (Å²) < 4.78 is 27.2. The Kier molecular flexibility index (Phi) is 5.68. The van der Waals surface area contributed by atoms with Crippen LogP contribution < -0.4 is 22.3 Å². The summed E-state index contributed by atoms with van der Waals surface area (Å²) in [5.41, 5.74) is 12.6. The van der Waals surface area contributed by atoms with Crippen molar-refractivity contribution in [3.8, 4) is 0 Å². The number of amidine groups is 1. The van der Waals surface area contributed by atoms with Crippen molar-refractivity contribution in [1.82, 2.24) is 9.88 Å². The highest BCUT2D eigenvalue weighted by atomic mass is 32.2. The van der Waals surface area contributed by atoms with Crippen molar-refractivity contribution in [3.05, 3.63) is 57.4 Å². The molecule has 30 heavy (non-hydrogen) atoms. The summed E-state index contributed by atoms with van der Waals surface area (Å²) >= 11 is 1.03. The largest absolute Gasteiger partial charge is 0.393 e. The van der Waals surface area contributed by atoms with E-state index in [1.54, 1.807) is 25.3 Å². The second kappa shape index (κ2) is 7.92. The van der Waals surface area contributed by atoms with Crippen molar-refractivity contribution in [2.24, 2.45) is 10.7 Å². The molecule has 5 N–H and O–H groups in total. The molecule has 1 amide bonds. The summed E-state index contributed by atoms with van der Waals surface area (Å²) in [5, 5.41) is 4.17. The normalized spacial score (nSPS) is 17.1. The lowest BCUT2D eigenvalue weighted by Gasteiger charge is -2.27. The summed E-state index contributed by atoms with van der Waals surface area (Å²) in [5.74, 6) is 0.0658. The molecule has 1 aliphatic heterocycles. The minimum absolute atomic E-state index is 0.0658. The number of carbonyl (C=O) groups excluding carboxylic acids is 1. The Morgan fingerprint density at radius 3 is 2.70 bits per heavy atom. The zero-order valence-corrected chi connectivity index (χ0v) is 18.0. The first kappa shape index (κ1) is 21.5. The summed E-state index contributed by atoms with van der Waals surface area (Å²) in [4.78, 5) is 28.1. The fraction of sp³-hybridized carbons (Fsp3) is 0.211. The van der Waals surface area contributed by atoms with Crippen LogP contribution >= 0.6 is 11.3 Å². The van der Waals surface area contributed by atoms with E-state index in [0.29, 0.717) is 23.3 Å². The van der Waals surface area contributed by atoms with Crippen LogP contribution in [0.2, 0.25) is 0 Å². The molecule has 1 unspecified atom stereocenters. The number of anilines is 1. The highest BCUT2D eigenvalue weighted by Crippen LogP contribution is 2.31. The fourth-order valence-electron chi connectivity index (χ4n) is 3.24. The van der Waals surface area contributed by atoms with Crippen molar-refractivity contribution in [2.75, 3.05) is 12.3 Å². The molecule has 2 aromatic heterocycles. The number of aromatic nitrogens is 1. The Balaban J connectivity index is 2.29. The van der Waals surface area contributed by atoms with Crippen LogP contribution in [0.15, 0.2) is 60.2 Å². The molecule has 3 heterocycles. The van der Waals surface area contributed by atoms with Gasteiger partial charge >= 0.3 is 0 Å². The van der Waals surface area contributed by atoms with Gasteiger partial charge in [-0.3, -0.25) is 19.1 Å². The Morgan fingerprint density at radius 1 is 1.40 bits per heavy atom. The molecule has 0 saturated carbocycles. The predicted octanol–water partition coefficient (Wildman–Crippen LogP) is 0.906. The first-order valence-corrected chi connectivity index (χ1v) is 11.2. The van der Waals surface area contributed by atoms with Crippen LogP contribution in [0.1, 0.15) is 12.6 Å². The summed E-state index contributed by atoms with van der Waals surface area (Å²) in [6.45, 7) is 7.42. The lowest BCUT2D eigenvalue weighted by atomic mass is 9.95. The second-order valence-electron chi connectivity index (χ2n) is 6.68. The standard InChI is InChI=1S/C19H21N5O4S2/c1-10-7-14(30(27,28)15-5-4-6-29-15)16(20)19(26)24(10)17-13(8-22-9-25)11(2)12(3)23-18(17)21/h4-7,9,12H,2,8,20H2,1,3H3,(H2,21,23)(H,22,25). The topological polar surface area (TPSA) is 150 Å². The van der Waals surface area contributed by atoms with Crippen molar-refractivity contribution in [2.45, 2.75) is 29.0 Å². The monoisotopic (exact) mass is 447 g/mol. The Hall–Kier alpha value is -3.18. The molecule has 0 radical (unpaired) electrons. The molecule has 0 aromatic carbocycles. The number of nitrogens with one attached hydrogen (secondary N) is 1. The maximum Gasteiger partial charge on any atom is 0.279 e. The average Bonchev–Trinajstić information content (AvgIpc) is 3.23. The number of nitrogens with two attached hydrogens (primary N) is 2. The third-order valence-corrected chi connectivity index (χ3v) is 7.97. The second-order valence-corrected chi connectivity index (χ2v) is 9.77. The van der Waals surface area contributed by atoms with Crippen LogP contribution in [-0.4, -0.2) is 37.8 Å². The van der Waals surface area contributed by atoms with Crippen molar-refractivity contribution in [3.63, 3.8) is 0 Å². The van der Waals surface area contributed by atoms with E-state index >= 15 is 0 Å². The van der Waals surface area contributed by atoms with Gasteiger partial charge < -0.3 is 16.8 Å². The number of dihydropyridines is 1. The number of amides is 1. The molecule has 1 aliphatic rings. The number of hydrogen-bond donors (Lipinski definition) is 3. The Morgan fingerprint density at radius 2 is 2.10 bits per heavy atom. The number of rotatable bonds is 6. The molecule has 0 bridgehead atoms. The number of thiophene rings is 1. The van der Waals surface area contributed by atoms with Crippen LogP contribution in [0.25, 0.3) is 5.70 Å². The number of hydrogen-bond acceptors (Lipinski definition) is 8. The molecule has 1 atom stereocenters. The minimum Gasteiger partial charge on any atom is -0.393 e. The maximum atomic E-state index is 13.2. The number of aliphatic imine (C=N–C) groups is 1. The highest BCUT2D eigenvalue weighted by Gasteiger charge is 2.29. The Labute approximate surface area is 177 Å². The van der Waals surface area contributed by atoms with Crippen molar-refractivity contribution < 1.29 is 13.2 Å². The molecule has 11 heteroatoms. The van der Waals surface area contributed by atoms with E-state index in [4.69, 9.17) is 11.5 Å². The van der Waals surface area contributed by atoms with E-state index in [2.05, 4.69) is 16.9 Å². The predicted molar refractivity (Wildman–Crippen MR) is 117 cm³/mol. The van der Waals surface area contributed by atoms with E-state index in [0.717, 1.165) is 11.3 Å². The molecule has 0 fully saturated rings. The van der Waals surface area contributed by atoms with Gasteiger partial charge in [-0.05, 0) is 36.9 Å². The lowest BCUT2D eigenvalue weighted by molar-refractivity contribution is -0.109. The van der Waals surface area contributed by atoms with Crippen LogP contribution in [0.5, 0.6) is 0 Å². The molecular weight excluding hydrogens is 426 g/mol. The van der Waals surface area contributed by atoms with E-state index in [1.807, 2.05) is 0 Å². The van der Waals surface area contributed by atoms with Gasteiger partial charge in [0.1, 0.15) is 20.6 Å². The number of aryl methyl sites for hydroxylation is 1. The van der Waals surface area contributed by atoms with Gasteiger partial charge in [-0.1, -0.05) is 12.6 Å². The minimum atomic E-state index is -3.95. The number of carbonyl (C=O) groups is 1. The lowest BCUT2D eigenvalue weighted by Crippen LogP contribution is -2.37. The highest BCUT2D eigenvalue weighted by molar-refractivity contribution is 7.93. The van der Waals surface area contributed by atoms with Gasteiger partial charge in [-0.25, -0.2) is 8.42 Å². The summed E-state index contributed by atoms with van der Waals surface area (Å²) in [6.07, 6.45) is 0.519. The van der Waals surface area contributed by atoms with E-state index in [1.165, 1.54) is 16.7 Å². The van der Waals surface area contributed by atoms with Crippen molar-refractivity contribution >= 4 is 44.8 Å². The molecule has 2 aromatic rings. The van der Waals surface area contributed by atoms with E-state index < -0.39 is 21.1 Å². The quantitative estimate of drug-likeness (QED) is 0.560.